The quantitative estimate of drug-likeness (QED) is 0.664. The Morgan fingerprint density at radius 2 is 2.00 bits per heavy atom. The first-order valence-electron chi connectivity index (χ1n) is 4.98. The van der Waals surface area contributed by atoms with Gasteiger partial charge in [0.05, 0.1) is 0 Å². The van der Waals surface area contributed by atoms with Crippen LogP contribution in [0.25, 0.3) is 0 Å². The van der Waals surface area contributed by atoms with Crippen molar-refractivity contribution in [2.75, 3.05) is 6.61 Å². The first-order chi connectivity index (χ1) is 7.31. The highest BCUT2D eigenvalue weighted by Crippen LogP contribution is 2.40. The van der Waals surface area contributed by atoms with E-state index in [0.717, 1.165) is 0 Å². The molecular weight excluding hydrogens is 224 g/mol. The van der Waals surface area contributed by atoms with Crippen molar-refractivity contribution in [2.45, 2.75) is 43.3 Å². The van der Waals surface area contributed by atoms with Gasteiger partial charge in [-0.25, -0.2) is 13.6 Å². The van der Waals surface area contributed by atoms with Gasteiger partial charge in [0.2, 0.25) is 0 Å². The van der Waals surface area contributed by atoms with Gasteiger partial charge < -0.3 is 20.7 Å². The van der Waals surface area contributed by atoms with Crippen LogP contribution < -0.4 is 5.73 Å². The number of amides is 1. The van der Waals surface area contributed by atoms with Crippen LogP contribution in [-0.4, -0.2) is 40.5 Å². The maximum atomic E-state index is 13.2. The molecule has 7 heteroatoms. The van der Waals surface area contributed by atoms with E-state index < -0.39 is 30.3 Å². The van der Waals surface area contributed by atoms with Crippen LogP contribution >= 0.6 is 0 Å². The molecule has 0 spiro atoms. The predicted molar refractivity (Wildman–Crippen MR) is 49.9 cm³/mol. The minimum atomic E-state index is -3.54. The van der Waals surface area contributed by atoms with E-state index in [0.29, 0.717) is 0 Å². The normalized spacial score (nSPS) is 31.1. The number of carbonyl (C=O) groups is 1. The number of aliphatic hydroxyl groups is 2. The molecule has 16 heavy (non-hydrogen) atoms. The van der Waals surface area contributed by atoms with Gasteiger partial charge in [-0.15, -0.1) is 0 Å². The molecule has 0 atom stereocenters. The van der Waals surface area contributed by atoms with Gasteiger partial charge in [-0.2, -0.15) is 0 Å². The lowest BCUT2D eigenvalue weighted by atomic mass is 9.79. The summed E-state index contributed by atoms with van der Waals surface area (Å²) in [4.78, 5) is 10.4. The zero-order chi connectivity index (χ0) is 12.4. The van der Waals surface area contributed by atoms with E-state index in [1.54, 1.807) is 0 Å². The molecule has 0 aliphatic heterocycles. The lowest BCUT2D eigenvalue weighted by molar-refractivity contribution is -0.218. The molecule has 1 fully saturated rings. The molecule has 0 bridgehead atoms. The standard InChI is InChI=1S/C9H15F2NO4/c10-9(11,5-13)8(15)3-1-6(2-4-8)16-7(12)14/h6,13,15H,1-5H2,(H2,12,14). The zero-order valence-corrected chi connectivity index (χ0v) is 8.66. The number of ether oxygens (including phenoxy) is 1. The number of rotatable bonds is 3. The molecule has 0 radical (unpaired) electrons. The molecule has 1 rings (SSSR count). The average molecular weight is 239 g/mol. The van der Waals surface area contributed by atoms with E-state index in [4.69, 9.17) is 10.8 Å². The molecule has 94 valence electrons. The molecule has 1 aliphatic rings. The summed E-state index contributed by atoms with van der Waals surface area (Å²) in [7, 11) is 0. The lowest BCUT2D eigenvalue weighted by Crippen LogP contribution is -2.53. The molecule has 1 saturated carbocycles. The molecule has 0 saturated heterocycles. The number of halogens is 2. The zero-order valence-electron chi connectivity index (χ0n) is 8.66. The maximum absolute atomic E-state index is 13.2. The summed E-state index contributed by atoms with van der Waals surface area (Å²) in [5, 5.41) is 18.2. The van der Waals surface area contributed by atoms with Gasteiger partial charge in [0, 0.05) is 0 Å². The summed E-state index contributed by atoms with van der Waals surface area (Å²) in [6.45, 7) is -1.40. The first-order valence-corrected chi connectivity index (χ1v) is 4.98. The topological polar surface area (TPSA) is 92.8 Å². The molecular formula is C9H15F2NO4. The Balaban J connectivity index is 2.56. The first kappa shape index (κ1) is 13.1. The van der Waals surface area contributed by atoms with Crippen LogP contribution in [0.4, 0.5) is 13.6 Å². The second-order valence-electron chi connectivity index (χ2n) is 4.03. The minimum Gasteiger partial charge on any atom is -0.446 e. The van der Waals surface area contributed by atoms with E-state index in [-0.39, 0.29) is 25.7 Å². The summed E-state index contributed by atoms with van der Waals surface area (Å²) < 4.78 is 31.0. The number of nitrogens with two attached hydrogens (primary N) is 1. The van der Waals surface area contributed by atoms with Gasteiger partial charge in [-0.1, -0.05) is 0 Å². The minimum absolute atomic E-state index is 0.106. The largest absolute Gasteiger partial charge is 0.446 e. The predicted octanol–water partition coefficient (Wildman–Crippen LogP) is 0.383. The van der Waals surface area contributed by atoms with Crippen molar-refractivity contribution >= 4 is 6.09 Å². The summed E-state index contributed by atoms with van der Waals surface area (Å²) in [6, 6.07) is 0. The van der Waals surface area contributed by atoms with E-state index in [1.165, 1.54) is 0 Å². The SMILES string of the molecule is NC(=O)OC1CCC(O)(C(F)(F)CO)CC1. The Bertz CT molecular complexity index is 264. The number of alkyl halides is 2. The van der Waals surface area contributed by atoms with Crippen LogP contribution in [0.15, 0.2) is 0 Å². The second kappa shape index (κ2) is 4.50. The van der Waals surface area contributed by atoms with E-state index in [1.807, 2.05) is 0 Å². The summed E-state index contributed by atoms with van der Waals surface area (Å²) in [5.41, 5.74) is 2.57. The van der Waals surface area contributed by atoms with Crippen molar-refractivity contribution in [2.24, 2.45) is 5.73 Å². The van der Waals surface area contributed by atoms with Crippen molar-refractivity contribution < 1.29 is 28.5 Å². The fourth-order valence-corrected chi connectivity index (χ4v) is 1.86. The van der Waals surface area contributed by atoms with Crippen molar-refractivity contribution in [1.82, 2.24) is 0 Å². The van der Waals surface area contributed by atoms with Crippen molar-refractivity contribution in [3.8, 4) is 0 Å². The number of hydrogen-bond donors (Lipinski definition) is 3. The Labute approximate surface area is 91.2 Å². The molecule has 0 aromatic rings. The van der Waals surface area contributed by atoms with Gasteiger partial charge >= 0.3 is 6.09 Å². The highest BCUT2D eigenvalue weighted by molar-refractivity contribution is 5.64. The molecule has 0 heterocycles. The monoisotopic (exact) mass is 239 g/mol. The number of primary amides is 1. The van der Waals surface area contributed by atoms with Crippen LogP contribution in [-0.2, 0) is 4.74 Å². The van der Waals surface area contributed by atoms with E-state index >= 15 is 0 Å². The summed E-state index contributed by atoms with van der Waals surface area (Å²) in [5.74, 6) is -3.54. The Kier molecular flexibility index (Phi) is 3.69. The highest BCUT2D eigenvalue weighted by atomic mass is 19.3. The van der Waals surface area contributed by atoms with Gasteiger partial charge in [0.1, 0.15) is 18.3 Å². The highest BCUT2D eigenvalue weighted by Gasteiger charge is 2.53. The van der Waals surface area contributed by atoms with Crippen LogP contribution in [0.3, 0.4) is 0 Å². The van der Waals surface area contributed by atoms with Crippen LogP contribution in [0, 0.1) is 0 Å². The van der Waals surface area contributed by atoms with E-state index in [2.05, 4.69) is 4.74 Å². The Morgan fingerprint density at radius 1 is 1.50 bits per heavy atom. The van der Waals surface area contributed by atoms with Gasteiger partial charge in [-0.05, 0) is 25.7 Å². The van der Waals surface area contributed by atoms with Gasteiger partial charge in [0.15, 0.2) is 0 Å². The van der Waals surface area contributed by atoms with Crippen LogP contribution in [0.2, 0.25) is 0 Å². The summed E-state index contributed by atoms with van der Waals surface area (Å²) in [6.07, 6.45) is -1.75. The molecule has 1 amide bonds. The van der Waals surface area contributed by atoms with Crippen LogP contribution in [0.1, 0.15) is 25.7 Å². The third-order valence-electron chi connectivity index (χ3n) is 2.92. The molecule has 0 aromatic carbocycles. The second-order valence-corrected chi connectivity index (χ2v) is 4.03. The van der Waals surface area contributed by atoms with Crippen molar-refractivity contribution in [3.63, 3.8) is 0 Å². The lowest BCUT2D eigenvalue weighted by Gasteiger charge is -2.39. The summed E-state index contributed by atoms with van der Waals surface area (Å²) >= 11 is 0. The van der Waals surface area contributed by atoms with Crippen LogP contribution in [0.5, 0.6) is 0 Å². The number of aliphatic hydroxyl groups excluding tert-OH is 1. The van der Waals surface area contributed by atoms with Crippen molar-refractivity contribution in [3.05, 3.63) is 0 Å². The number of hydrogen-bond acceptors (Lipinski definition) is 4. The molecule has 5 nitrogen and oxygen atoms in total. The van der Waals surface area contributed by atoms with Gasteiger partial charge in [0.25, 0.3) is 5.92 Å². The van der Waals surface area contributed by atoms with Gasteiger partial charge in [-0.3, -0.25) is 0 Å². The third kappa shape index (κ3) is 2.59. The average Bonchev–Trinajstić information content (AvgIpc) is 2.21. The molecule has 0 aromatic heterocycles. The number of carbonyl (C=O) groups excluding carboxylic acids is 1. The van der Waals surface area contributed by atoms with E-state index in [9.17, 15) is 18.7 Å². The third-order valence-corrected chi connectivity index (χ3v) is 2.92. The fraction of sp³-hybridized carbons (Fsp3) is 0.889. The smallest absolute Gasteiger partial charge is 0.404 e. The molecule has 4 N–H and O–H groups in total. The molecule has 0 unspecified atom stereocenters. The molecule has 1 aliphatic carbocycles. The Morgan fingerprint density at radius 3 is 2.38 bits per heavy atom. The Hall–Kier alpha value is -0.950. The fourth-order valence-electron chi connectivity index (χ4n) is 1.86. The van der Waals surface area contributed by atoms with Crippen molar-refractivity contribution in [1.29, 1.82) is 0 Å². The maximum Gasteiger partial charge on any atom is 0.404 e.